The molecule has 1 saturated heterocycles. The maximum Gasteiger partial charge on any atom is 0.302 e. The van der Waals surface area contributed by atoms with E-state index in [4.69, 9.17) is 18.9 Å². The standard InChI is InChI=1S/C34H41NO8/c1-22(36)41-28-19-27(11-9-23-10-12-29(37)32(16-23)42-26-7-3-2-4-8-26)43-31(20-28)25-17-30(38)34(39)33(18-25)40-15-13-24-6-5-14-35-21-24/h5-6,10,12,14,16-18,21,26-28,31,37-39H,2-4,7-9,11,13,15,19-20H2,1H3/t27-,28-,31-/m0/s1. The van der Waals surface area contributed by atoms with Crippen LogP contribution in [0.3, 0.4) is 0 Å². The van der Waals surface area contributed by atoms with Gasteiger partial charge >= 0.3 is 5.97 Å². The molecule has 0 amide bonds. The zero-order chi connectivity index (χ0) is 30.2. The Morgan fingerprint density at radius 3 is 2.53 bits per heavy atom. The average Bonchev–Trinajstić information content (AvgIpc) is 3.00. The number of aryl methyl sites for hydroxylation is 1. The quantitative estimate of drug-likeness (QED) is 0.173. The summed E-state index contributed by atoms with van der Waals surface area (Å²) in [5.41, 5.74) is 2.64. The lowest BCUT2D eigenvalue weighted by atomic mass is 9.92. The molecule has 0 unspecified atom stereocenters. The highest BCUT2D eigenvalue weighted by atomic mass is 16.6. The van der Waals surface area contributed by atoms with E-state index >= 15 is 0 Å². The summed E-state index contributed by atoms with van der Waals surface area (Å²) in [5, 5.41) is 31.4. The molecule has 2 heterocycles. The molecule has 2 aromatic carbocycles. The van der Waals surface area contributed by atoms with E-state index in [9.17, 15) is 20.1 Å². The SMILES string of the molecule is CC(=O)O[C@H]1C[C@H](CCc2ccc(O)c(OC3CCCCC3)c2)O[C@H](c2cc(O)c(O)c(OCCc3cccnc3)c2)C1. The number of pyridine rings is 1. The second-order valence-electron chi connectivity index (χ2n) is 11.5. The van der Waals surface area contributed by atoms with Crippen molar-refractivity contribution in [1.82, 2.24) is 4.98 Å². The van der Waals surface area contributed by atoms with Crippen molar-refractivity contribution in [1.29, 1.82) is 0 Å². The van der Waals surface area contributed by atoms with Crippen LogP contribution in [-0.4, -0.2) is 51.2 Å². The first-order valence-electron chi connectivity index (χ1n) is 15.2. The van der Waals surface area contributed by atoms with Gasteiger partial charge in [-0.2, -0.15) is 0 Å². The van der Waals surface area contributed by atoms with Crippen LogP contribution in [0.5, 0.6) is 28.7 Å². The molecule has 3 N–H and O–H groups in total. The highest BCUT2D eigenvalue weighted by Crippen LogP contribution is 2.42. The highest BCUT2D eigenvalue weighted by Gasteiger charge is 2.33. The van der Waals surface area contributed by atoms with Gasteiger partial charge in [0.2, 0.25) is 5.75 Å². The molecule has 2 fully saturated rings. The number of aromatic nitrogens is 1. The molecule has 3 atom stereocenters. The molecule has 1 aromatic heterocycles. The smallest absolute Gasteiger partial charge is 0.302 e. The molecule has 1 saturated carbocycles. The first-order chi connectivity index (χ1) is 20.8. The summed E-state index contributed by atoms with van der Waals surface area (Å²) in [6.45, 7) is 1.68. The maximum absolute atomic E-state index is 11.9. The number of esters is 1. The van der Waals surface area contributed by atoms with Crippen molar-refractivity contribution in [3.63, 3.8) is 0 Å². The molecule has 2 aliphatic rings. The third-order valence-corrected chi connectivity index (χ3v) is 8.14. The second kappa shape index (κ2) is 14.5. The molecule has 9 nitrogen and oxygen atoms in total. The summed E-state index contributed by atoms with van der Waals surface area (Å²) in [6.07, 6.45) is 10.9. The average molecular weight is 592 g/mol. The molecule has 0 bridgehead atoms. The Balaban J connectivity index is 1.26. The van der Waals surface area contributed by atoms with E-state index in [0.717, 1.165) is 36.8 Å². The van der Waals surface area contributed by atoms with Crippen LogP contribution in [0.4, 0.5) is 0 Å². The van der Waals surface area contributed by atoms with Crippen LogP contribution in [0.15, 0.2) is 54.9 Å². The lowest BCUT2D eigenvalue weighted by Crippen LogP contribution is -2.34. The van der Waals surface area contributed by atoms with Crippen LogP contribution >= 0.6 is 0 Å². The van der Waals surface area contributed by atoms with E-state index in [1.807, 2.05) is 24.3 Å². The van der Waals surface area contributed by atoms with E-state index in [1.54, 1.807) is 24.5 Å². The minimum atomic E-state index is -0.486. The van der Waals surface area contributed by atoms with Crippen molar-refractivity contribution >= 4 is 5.97 Å². The summed E-state index contributed by atoms with van der Waals surface area (Å²) in [6, 6.07) is 12.4. The van der Waals surface area contributed by atoms with E-state index in [2.05, 4.69) is 4.98 Å². The summed E-state index contributed by atoms with van der Waals surface area (Å²) in [5.74, 6) is -0.191. The molecule has 0 radical (unpaired) electrons. The molecule has 0 spiro atoms. The van der Waals surface area contributed by atoms with Crippen molar-refractivity contribution in [2.24, 2.45) is 0 Å². The van der Waals surface area contributed by atoms with E-state index in [-0.39, 0.29) is 53.9 Å². The Morgan fingerprint density at radius 2 is 1.77 bits per heavy atom. The third kappa shape index (κ3) is 8.54. The maximum atomic E-state index is 11.9. The van der Waals surface area contributed by atoms with Gasteiger partial charge in [-0.1, -0.05) is 18.6 Å². The number of carbonyl (C=O) groups excluding carboxylic acids is 1. The van der Waals surface area contributed by atoms with Crippen molar-refractivity contribution < 1.29 is 39.1 Å². The molecular weight excluding hydrogens is 550 g/mol. The molecule has 5 rings (SSSR count). The number of aromatic hydroxyl groups is 3. The Kier molecular flexibility index (Phi) is 10.3. The molecule has 1 aliphatic carbocycles. The number of benzene rings is 2. The summed E-state index contributed by atoms with van der Waals surface area (Å²) in [4.78, 5) is 16.0. The molecule has 43 heavy (non-hydrogen) atoms. The van der Waals surface area contributed by atoms with Crippen LogP contribution in [0, 0.1) is 0 Å². The molecule has 230 valence electrons. The van der Waals surface area contributed by atoms with E-state index in [1.165, 1.54) is 19.4 Å². The van der Waals surface area contributed by atoms with Crippen LogP contribution in [0.25, 0.3) is 0 Å². The van der Waals surface area contributed by atoms with Crippen LogP contribution in [0.2, 0.25) is 0 Å². The van der Waals surface area contributed by atoms with Gasteiger partial charge in [0.25, 0.3) is 0 Å². The Hall–Kier alpha value is -3.98. The van der Waals surface area contributed by atoms with Gasteiger partial charge in [-0.15, -0.1) is 0 Å². The van der Waals surface area contributed by atoms with Gasteiger partial charge in [-0.05, 0) is 85.5 Å². The molecular formula is C34H41NO8. The summed E-state index contributed by atoms with van der Waals surface area (Å²) < 4.78 is 24.1. The normalized spacial score (nSPS) is 20.8. The Labute approximate surface area is 252 Å². The largest absolute Gasteiger partial charge is 0.504 e. The van der Waals surface area contributed by atoms with Gasteiger partial charge in [0.15, 0.2) is 23.0 Å². The number of rotatable bonds is 11. The van der Waals surface area contributed by atoms with Gasteiger partial charge in [0, 0.05) is 38.6 Å². The molecule has 1 aliphatic heterocycles. The predicted molar refractivity (Wildman–Crippen MR) is 160 cm³/mol. The van der Waals surface area contributed by atoms with Crippen LogP contribution in [-0.2, 0) is 27.1 Å². The number of nitrogens with zero attached hydrogens (tertiary/aromatic N) is 1. The monoisotopic (exact) mass is 591 g/mol. The van der Waals surface area contributed by atoms with Crippen molar-refractivity contribution in [3.05, 3.63) is 71.5 Å². The molecule has 9 heteroatoms. The lowest BCUT2D eigenvalue weighted by molar-refractivity contribution is -0.160. The first-order valence-corrected chi connectivity index (χ1v) is 15.2. The topological polar surface area (TPSA) is 128 Å². The second-order valence-corrected chi connectivity index (χ2v) is 11.5. The number of ether oxygens (including phenoxy) is 4. The fourth-order valence-corrected chi connectivity index (χ4v) is 5.94. The lowest BCUT2D eigenvalue weighted by Gasteiger charge is -2.35. The number of phenols is 3. The minimum Gasteiger partial charge on any atom is -0.504 e. The van der Waals surface area contributed by atoms with Crippen molar-refractivity contribution in [2.45, 2.75) is 95.5 Å². The van der Waals surface area contributed by atoms with E-state index < -0.39 is 6.10 Å². The minimum absolute atomic E-state index is 0.132. The first kappa shape index (κ1) is 30.5. The van der Waals surface area contributed by atoms with Gasteiger partial charge < -0.3 is 34.3 Å². The summed E-state index contributed by atoms with van der Waals surface area (Å²) in [7, 11) is 0. The van der Waals surface area contributed by atoms with Crippen molar-refractivity contribution in [3.8, 4) is 28.7 Å². The number of hydrogen-bond donors (Lipinski definition) is 3. The highest BCUT2D eigenvalue weighted by molar-refractivity contribution is 5.66. The van der Waals surface area contributed by atoms with E-state index in [0.29, 0.717) is 43.4 Å². The Bertz CT molecular complexity index is 1360. The fraction of sp³-hybridized carbons (Fsp3) is 0.471. The fourth-order valence-electron chi connectivity index (χ4n) is 5.94. The Morgan fingerprint density at radius 1 is 0.930 bits per heavy atom. The zero-order valence-corrected chi connectivity index (χ0v) is 24.6. The predicted octanol–water partition coefficient (Wildman–Crippen LogP) is 6.32. The number of phenolic OH excluding ortho intramolecular Hbond substituents is 3. The van der Waals surface area contributed by atoms with Gasteiger partial charge in [0.1, 0.15) is 6.10 Å². The van der Waals surface area contributed by atoms with Gasteiger partial charge in [0.05, 0.1) is 24.9 Å². The van der Waals surface area contributed by atoms with Gasteiger partial charge in [-0.25, -0.2) is 0 Å². The number of hydrogen-bond acceptors (Lipinski definition) is 9. The third-order valence-electron chi connectivity index (χ3n) is 8.14. The van der Waals surface area contributed by atoms with Crippen molar-refractivity contribution in [2.75, 3.05) is 6.61 Å². The molecule has 3 aromatic rings. The summed E-state index contributed by atoms with van der Waals surface area (Å²) >= 11 is 0. The zero-order valence-electron chi connectivity index (χ0n) is 24.6. The van der Waals surface area contributed by atoms with Crippen LogP contribution < -0.4 is 9.47 Å². The number of carbonyl (C=O) groups is 1. The van der Waals surface area contributed by atoms with Gasteiger partial charge in [-0.3, -0.25) is 9.78 Å². The van der Waals surface area contributed by atoms with Crippen LogP contribution in [0.1, 0.15) is 81.1 Å².